The lowest BCUT2D eigenvalue weighted by atomic mass is 9.79. The number of halogens is 1. The van der Waals surface area contributed by atoms with Crippen molar-refractivity contribution in [3.05, 3.63) is 28.8 Å². The first kappa shape index (κ1) is 17.0. The van der Waals surface area contributed by atoms with E-state index in [9.17, 15) is 4.79 Å². The standard InChI is InChI=1S/C14H21BClNO3/c1-2-3-4-5-6-9-17-14(18)11-7-8-13(16)12(10-11)15(19)20/h7-8,10,19-20H,2-6,9H2,1H3,(H,17,18). The van der Waals surface area contributed by atoms with Crippen molar-refractivity contribution in [3.8, 4) is 0 Å². The van der Waals surface area contributed by atoms with Crippen LogP contribution in [0.2, 0.25) is 5.02 Å². The molecule has 0 aliphatic rings. The minimum atomic E-state index is -1.68. The molecule has 0 saturated carbocycles. The van der Waals surface area contributed by atoms with Crippen LogP contribution in [-0.4, -0.2) is 29.6 Å². The Labute approximate surface area is 125 Å². The molecule has 0 unspecified atom stereocenters. The second kappa shape index (κ2) is 9.00. The van der Waals surface area contributed by atoms with Gasteiger partial charge in [0, 0.05) is 22.6 Å². The van der Waals surface area contributed by atoms with Crippen molar-refractivity contribution in [2.24, 2.45) is 0 Å². The van der Waals surface area contributed by atoms with Gasteiger partial charge < -0.3 is 15.4 Å². The van der Waals surface area contributed by atoms with Crippen LogP contribution in [0.15, 0.2) is 18.2 Å². The molecular weight excluding hydrogens is 276 g/mol. The predicted molar refractivity (Wildman–Crippen MR) is 82.4 cm³/mol. The lowest BCUT2D eigenvalue weighted by Gasteiger charge is -2.08. The third-order valence-corrected chi connectivity index (χ3v) is 3.45. The van der Waals surface area contributed by atoms with Crippen molar-refractivity contribution >= 4 is 30.1 Å². The molecule has 110 valence electrons. The minimum Gasteiger partial charge on any atom is -0.423 e. The number of unbranched alkanes of at least 4 members (excludes halogenated alkanes) is 4. The van der Waals surface area contributed by atoms with Crippen molar-refractivity contribution in [2.75, 3.05) is 6.54 Å². The highest BCUT2D eigenvalue weighted by atomic mass is 35.5. The average molecular weight is 298 g/mol. The first-order chi connectivity index (χ1) is 9.56. The number of hydrogen-bond donors (Lipinski definition) is 3. The summed E-state index contributed by atoms with van der Waals surface area (Å²) in [5, 5.41) is 21.3. The van der Waals surface area contributed by atoms with Crippen molar-refractivity contribution in [1.82, 2.24) is 5.32 Å². The number of carbonyl (C=O) groups is 1. The van der Waals surface area contributed by atoms with E-state index in [1.807, 2.05) is 0 Å². The van der Waals surface area contributed by atoms with Gasteiger partial charge in [0.25, 0.3) is 5.91 Å². The summed E-state index contributed by atoms with van der Waals surface area (Å²) in [5.41, 5.74) is 0.522. The number of benzene rings is 1. The molecule has 0 aromatic heterocycles. The summed E-state index contributed by atoms with van der Waals surface area (Å²) >= 11 is 5.82. The van der Waals surface area contributed by atoms with Crippen molar-refractivity contribution < 1.29 is 14.8 Å². The minimum absolute atomic E-state index is 0.141. The summed E-state index contributed by atoms with van der Waals surface area (Å²) in [4.78, 5) is 11.9. The summed E-state index contributed by atoms with van der Waals surface area (Å²) < 4.78 is 0. The molecule has 0 saturated heterocycles. The molecule has 1 rings (SSSR count). The second-order valence-corrected chi connectivity index (χ2v) is 5.19. The Morgan fingerprint density at radius 1 is 1.25 bits per heavy atom. The number of rotatable bonds is 8. The van der Waals surface area contributed by atoms with Gasteiger partial charge in [-0.2, -0.15) is 0 Å². The van der Waals surface area contributed by atoms with Crippen LogP contribution in [0.3, 0.4) is 0 Å². The van der Waals surface area contributed by atoms with E-state index >= 15 is 0 Å². The van der Waals surface area contributed by atoms with Gasteiger partial charge in [-0.05, 0) is 24.6 Å². The van der Waals surface area contributed by atoms with Crippen LogP contribution in [0, 0.1) is 0 Å². The van der Waals surface area contributed by atoms with Crippen LogP contribution >= 0.6 is 11.6 Å². The summed E-state index contributed by atoms with van der Waals surface area (Å²) in [6, 6.07) is 4.46. The maximum Gasteiger partial charge on any atom is 0.489 e. The van der Waals surface area contributed by atoms with Crippen molar-refractivity contribution in [3.63, 3.8) is 0 Å². The van der Waals surface area contributed by atoms with E-state index in [1.165, 1.54) is 31.4 Å². The third-order valence-electron chi connectivity index (χ3n) is 3.10. The van der Waals surface area contributed by atoms with Gasteiger partial charge in [-0.15, -0.1) is 0 Å². The molecule has 0 bridgehead atoms. The largest absolute Gasteiger partial charge is 0.489 e. The number of hydrogen-bond acceptors (Lipinski definition) is 3. The van der Waals surface area contributed by atoms with E-state index in [1.54, 1.807) is 6.07 Å². The van der Waals surface area contributed by atoms with E-state index in [-0.39, 0.29) is 16.4 Å². The zero-order chi connectivity index (χ0) is 15.0. The Morgan fingerprint density at radius 2 is 1.95 bits per heavy atom. The lowest BCUT2D eigenvalue weighted by Crippen LogP contribution is -2.33. The van der Waals surface area contributed by atoms with Gasteiger partial charge in [-0.1, -0.05) is 44.2 Å². The third kappa shape index (κ3) is 5.53. The predicted octanol–water partition coefficient (Wildman–Crippen LogP) is 1.72. The molecule has 0 aliphatic heterocycles. The van der Waals surface area contributed by atoms with Crippen LogP contribution in [0.4, 0.5) is 0 Å². The van der Waals surface area contributed by atoms with Crippen LogP contribution < -0.4 is 10.8 Å². The highest BCUT2D eigenvalue weighted by Gasteiger charge is 2.17. The van der Waals surface area contributed by atoms with E-state index in [0.717, 1.165) is 12.8 Å². The molecule has 0 aliphatic carbocycles. The van der Waals surface area contributed by atoms with E-state index < -0.39 is 7.12 Å². The highest BCUT2D eigenvalue weighted by molar-refractivity contribution is 6.62. The molecule has 1 amide bonds. The molecule has 6 heteroatoms. The van der Waals surface area contributed by atoms with Crippen LogP contribution in [0.5, 0.6) is 0 Å². The Balaban J connectivity index is 2.45. The zero-order valence-corrected chi connectivity index (χ0v) is 12.5. The quantitative estimate of drug-likeness (QED) is 0.505. The van der Waals surface area contributed by atoms with E-state index in [0.29, 0.717) is 12.1 Å². The van der Waals surface area contributed by atoms with Crippen molar-refractivity contribution in [2.45, 2.75) is 39.0 Å². The van der Waals surface area contributed by atoms with Crippen LogP contribution in [0.1, 0.15) is 49.4 Å². The van der Waals surface area contributed by atoms with Gasteiger partial charge in [0.2, 0.25) is 0 Å². The SMILES string of the molecule is CCCCCCCNC(=O)c1ccc(Cl)c(B(O)O)c1. The molecule has 0 radical (unpaired) electrons. The monoisotopic (exact) mass is 297 g/mol. The molecule has 1 aromatic rings. The molecule has 3 N–H and O–H groups in total. The maximum atomic E-state index is 11.9. The Bertz CT molecular complexity index is 440. The van der Waals surface area contributed by atoms with E-state index in [4.69, 9.17) is 21.6 Å². The second-order valence-electron chi connectivity index (χ2n) is 4.78. The first-order valence-electron chi connectivity index (χ1n) is 7.00. The zero-order valence-electron chi connectivity index (χ0n) is 11.7. The fourth-order valence-electron chi connectivity index (χ4n) is 1.92. The fourth-order valence-corrected chi connectivity index (χ4v) is 2.13. The molecule has 20 heavy (non-hydrogen) atoms. The maximum absolute atomic E-state index is 11.9. The van der Waals surface area contributed by atoms with Gasteiger partial charge in [-0.25, -0.2) is 0 Å². The smallest absolute Gasteiger partial charge is 0.423 e. The lowest BCUT2D eigenvalue weighted by molar-refractivity contribution is 0.0953. The Hall–Kier alpha value is -1.04. The van der Waals surface area contributed by atoms with Gasteiger partial charge >= 0.3 is 7.12 Å². The number of nitrogens with one attached hydrogen (secondary N) is 1. The van der Waals surface area contributed by atoms with Crippen LogP contribution in [-0.2, 0) is 0 Å². The Kier molecular flexibility index (Phi) is 7.66. The normalized spacial score (nSPS) is 10.4. The molecule has 4 nitrogen and oxygen atoms in total. The van der Waals surface area contributed by atoms with Crippen LogP contribution in [0.25, 0.3) is 0 Å². The molecule has 1 aromatic carbocycles. The summed E-state index contributed by atoms with van der Waals surface area (Å²) in [6.45, 7) is 2.79. The first-order valence-corrected chi connectivity index (χ1v) is 7.37. The summed E-state index contributed by atoms with van der Waals surface area (Å²) in [6.07, 6.45) is 5.67. The van der Waals surface area contributed by atoms with Crippen molar-refractivity contribution in [1.29, 1.82) is 0 Å². The van der Waals surface area contributed by atoms with Gasteiger partial charge in [0.1, 0.15) is 0 Å². The average Bonchev–Trinajstić information content (AvgIpc) is 2.42. The van der Waals surface area contributed by atoms with Gasteiger partial charge in [0.15, 0.2) is 0 Å². The number of carbonyl (C=O) groups excluding carboxylic acids is 1. The summed E-state index contributed by atoms with van der Waals surface area (Å²) in [7, 11) is -1.68. The number of amides is 1. The van der Waals surface area contributed by atoms with E-state index in [2.05, 4.69) is 12.2 Å². The molecule has 0 heterocycles. The molecule has 0 atom stereocenters. The Morgan fingerprint density at radius 3 is 2.60 bits per heavy atom. The topological polar surface area (TPSA) is 69.6 Å². The fraction of sp³-hybridized carbons (Fsp3) is 0.500. The molecule has 0 fully saturated rings. The molecule has 0 spiro atoms. The van der Waals surface area contributed by atoms with Gasteiger partial charge in [0.05, 0.1) is 0 Å². The highest BCUT2D eigenvalue weighted by Crippen LogP contribution is 2.08. The summed E-state index contributed by atoms with van der Waals surface area (Å²) in [5.74, 6) is -0.223. The molecular formula is C14H21BClNO3. The van der Waals surface area contributed by atoms with Gasteiger partial charge in [-0.3, -0.25) is 4.79 Å².